The van der Waals surface area contributed by atoms with Gasteiger partial charge in [-0.1, -0.05) is 36.4 Å². The first-order valence-corrected chi connectivity index (χ1v) is 9.10. The lowest BCUT2D eigenvalue weighted by molar-refractivity contribution is -0.137. The van der Waals surface area contributed by atoms with Crippen molar-refractivity contribution in [1.82, 2.24) is 20.4 Å². The highest BCUT2D eigenvalue weighted by molar-refractivity contribution is 5.79. The zero-order chi connectivity index (χ0) is 20.7. The first-order valence-electron chi connectivity index (χ1n) is 9.10. The molecule has 2 N–H and O–H groups in total. The molecule has 29 heavy (non-hydrogen) atoms. The third kappa shape index (κ3) is 5.84. The molecule has 2 aromatic carbocycles. The smallest absolute Gasteiger partial charge is 0.352 e. The molecule has 1 aromatic heterocycles. The van der Waals surface area contributed by atoms with Gasteiger partial charge < -0.3 is 10.6 Å². The largest absolute Gasteiger partial charge is 0.416 e. The van der Waals surface area contributed by atoms with E-state index in [1.807, 2.05) is 35.1 Å². The zero-order valence-corrected chi connectivity index (χ0v) is 15.9. The number of nitrogens with zero attached hydrogens (tertiary/aromatic N) is 3. The van der Waals surface area contributed by atoms with E-state index in [9.17, 15) is 13.2 Å². The number of halogens is 3. The Balaban J connectivity index is 1.56. The maximum absolute atomic E-state index is 12.7. The molecule has 0 fully saturated rings. The number of rotatable bonds is 6. The summed E-state index contributed by atoms with van der Waals surface area (Å²) in [5.74, 6) is 0.568. The molecule has 1 heterocycles. The Bertz CT molecular complexity index is 932. The van der Waals surface area contributed by atoms with Gasteiger partial charge in [-0.25, -0.2) is 0 Å². The summed E-state index contributed by atoms with van der Waals surface area (Å²) in [4.78, 5) is 4.18. The summed E-state index contributed by atoms with van der Waals surface area (Å²) in [7, 11) is 1.65. The summed E-state index contributed by atoms with van der Waals surface area (Å²) in [6, 6.07) is 15.0. The highest BCUT2D eigenvalue weighted by atomic mass is 19.4. The summed E-state index contributed by atoms with van der Waals surface area (Å²) < 4.78 is 39.8. The highest BCUT2D eigenvalue weighted by Gasteiger charge is 2.29. The van der Waals surface area contributed by atoms with E-state index < -0.39 is 11.7 Å². The lowest BCUT2D eigenvalue weighted by atomic mass is 10.1. The molecule has 0 amide bonds. The van der Waals surface area contributed by atoms with Crippen molar-refractivity contribution in [1.29, 1.82) is 0 Å². The number of aliphatic imine (C=N–C) groups is 1. The van der Waals surface area contributed by atoms with Crippen molar-refractivity contribution in [2.75, 3.05) is 7.05 Å². The molecular formula is C21H22F3N5. The first-order chi connectivity index (χ1) is 14.0. The second-order valence-electron chi connectivity index (χ2n) is 6.45. The molecule has 0 saturated carbocycles. The Morgan fingerprint density at radius 3 is 2.28 bits per heavy atom. The van der Waals surface area contributed by atoms with Gasteiger partial charge in [0.1, 0.15) is 0 Å². The van der Waals surface area contributed by atoms with Crippen LogP contribution in [-0.4, -0.2) is 22.8 Å². The van der Waals surface area contributed by atoms with E-state index in [4.69, 9.17) is 0 Å². The van der Waals surface area contributed by atoms with Gasteiger partial charge in [-0.2, -0.15) is 18.3 Å². The van der Waals surface area contributed by atoms with Crippen LogP contribution in [0, 0.1) is 0 Å². The van der Waals surface area contributed by atoms with E-state index in [2.05, 4.69) is 26.8 Å². The zero-order valence-electron chi connectivity index (χ0n) is 15.9. The average molecular weight is 401 g/mol. The van der Waals surface area contributed by atoms with Gasteiger partial charge in [0.25, 0.3) is 0 Å². The quantitative estimate of drug-likeness (QED) is 0.488. The van der Waals surface area contributed by atoms with Crippen LogP contribution in [0.1, 0.15) is 22.3 Å². The van der Waals surface area contributed by atoms with Gasteiger partial charge in [0.2, 0.25) is 0 Å². The number of guanidine groups is 1. The summed E-state index contributed by atoms with van der Waals surface area (Å²) in [6.45, 7) is 1.60. The van der Waals surface area contributed by atoms with Gasteiger partial charge in [0.05, 0.1) is 12.1 Å². The van der Waals surface area contributed by atoms with Crippen molar-refractivity contribution < 1.29 is 13.2 Å². The molecule has 5 nitrogen and oxygen atoms in total. The highest BCUT2D eigenvalue weighted by Crippen LogP contribution is 2.29. The number of hydrogen-bond donors (Lipinski definition) is 2. The van der Waals surface area contributed by atoms with E-state index in [1.54, 1.807) is 13.2 Å². The molecule has 8 heteroatoms. The lowest BCUT2D eigenvalue weighted by Crippen LogP contribution is -2.36. The van der Waals surface area contributed by atoms with Crippen LogP contribution in [0.4, 0.5) is 13.2 Å². The van der Waals surface area contributed by atoms with Crippen molar-refractivity contribution in [2.45, 2.75) is 25.8 Å². The number of aromatic nitrogens is 2. The Morgan fingerprint density at radius 2 is 1.66 bits per heavy atom. The van der Waals surface area contributed by atoms with Gasteiger partial charge in [0.15, 0.2) is 5.96 Å². The minimum atomic E-state index is -4.33. The summed E-state index contributed by atoms with van der Waals surface area (Å²) in [6.07, 6.45) is -0.671. The Hall–Kier alpha value is -3.29. The third-order valence-electron chi connectivity index (χ3n) is 4.42. The monoisotopic (exact) mass is 401 g/mol. The summed E-state index contributed by atoms with van der Waals surface area (Å²) in [5.41, 5.74) is 2.33. The normalized spacial score (nSPS) is 12.1. The molecule has 0 saturated heterocycles. The molecule has 0 spiro atoms. The Kier molecular flexibility index (Phi) is 6.54. The van der Waals surface area contributed by atoms with Crippen LogP contribution in [-0.2, 0) is 25.8 Å². The minimum Gasteiger partial charge on any atom is -0.352 e. The van der Waals surface area contributed by atoms with Crippen molar-refractivity contribution in [3.8, 4) is 0 Å². The standard InChI is InChI=1S/C21H22F3N5/c1-25-20(26-13-16-7-9-19(10-8-16)21(22,23)24)27-14-17-5-2-3-6-18(17)15-29-12-4-11-28-29/h2-12H,13-15H2,1H3,(H2,25,26,27). The summed E-state index contributed by atoms with van der Waals surface area (Å²) >= 11 is 0. The van der Waals surface area contributed by atoms with E-state index in [-0.39, 0.29) is 0 Å². The number of nitrogens with one attached hydrogen (secondary N) is 2. The maximum atomic E-state index is 12.7. The van der Waals surface area contributed by atoms with Crippen LogP contribution in [0.3, 0.4) is 0 Å². The predicted octanol–water partition coefficient (Wildman–Crippen LogP) is 3.82. The molecule has 3 rings (SSSR count). The van der Waals surface area contributed by atoms with Crippen LogP contribution in [0.2, 0.25) is 0 Å². The maximum Gasteiger partial charge on any atom is 0.416 e. The van der Waals surface area contributed by atoms with Crippen LogP contribution in [0.15, 0.2) is 72.0 Å². The fourth-order valence-corrected chi connectivity index (χ4v) is 2.85. The van der Waals surface area contributed by atoms with Crippen LogP contribution in [0.25, 0.3) is 0 Å². The average Bonchev–Trinajstić information content (AvgIpc) is 3.22. The molecule has 0 unspecified atom stereocenters. The van der Waals surface area contributed by atoms with Gasteiger partial charge in [0, 0.05) is 32.5 Å². The van der Waals surface area contributed by atoms with Gasteiger partial charge >= 0.3 is 6.18 Å². The van der Waals surface area contributed by atoms with Crippen LogP contribution < -0.4 is 10.6 Å². The van der Waals surface area contributed by atoms with E-state index in [0.29, 0.717) is 25.6 Å². The van der Waals surface area contributed by atoms with Crippen LogP contribution in [0.5, 0.6) is 0 Å². The minimum absolute atomic E-state index is 0.368. The second kappa shape index (κ2) is 9.27. The Morgan fingerprint density at radius 1 is 0.966 bits per heavy atom. The van der Waals surface area contributed by atoms with E-state index in [1.165, 1.54) is 12.1 Å². The van der Waals surface area contributed by atoms with Crippen LogP contribution >= 0.6 is 0 Å². The number of hydrogen-bond acceptors (Lipinski definition) is 2. The fourth-order valence-electron chi connectivity index (χ4n) is 2.85. The third-order valence-corrected chi connectivity index (χ3v) is 4.42. The molecule has 0 aliphatic heterocycles. The molecule has 3 aromatic rings. The van der Waals surface area contributed by atoms with Crippen molar-refractivity contribution in [3.63, 3.8) is 0 Å². The van der Waals surface area contributed by atoms with Crippen molar-refractivity contribution in [2.24, 2.45) is 4.99 Å². The second-order valence-corrected chi connectivity index (χ2v) is 6.45. The number of alkyl halides is 3. The van der Waals surface area contributed by atoms with Crippen molar-refractivity contribution >= 4 is 5.96 Å². The molecule has 0 radical (unpaired) electrons. The van der Waals surface area contributed by atoms with E-state index in [0.717, 1.165) is 28.8 Å². The molecule has 0 atom stereocenters. The predicted molar refractivity (Wildman–Crippen MR) is 106 cm³/mol. The molecule has 0 aliphatic carbocycles. The SMILES string of the molecule is CN=C(NCc1ccc(C(F)(F)F)cc1)NCc1ccccc1Cn1cccn1. The summed E-state index contributed by atoms with van der Waals surface area (Å²) in [5, 5.41) is 10.6. The van der Waals surface area contributed by atoms with Gasteiger partial charge in [-0.3, -0.25) is 9.67 Å². The molecule has 152 valence electrons. The van der Waals surface area contributed by atoms with Crippen molar-refractivity contribution in [3.05, 3.63) is 89.2 Å². The number of benzene rings is 2. The Labute approximate surface area is 167 Å². The fraction of sp³-hybridized carbons (Fsp3) is 0.238. The van der Waals surface area contributed by atoms with Gasteiger partial charge in [-0.15, -0.1) is 0 Å². The van der Waals surface area contributed by atoms with E-state index >= 15 is 0 Å². The molecule has 0 aliphatic rings. The van der Waals surface area contributed by atoms with Gasteiger partial charge in [-0.05, 0) is 34.9 Å². The topological polar surface area (TPSA) is 54.2 Å². The molecular weight excluding hydrogens is 379 g/mol. The lowest BCUT2D eigenvalue weighted by Gasteiger charge is -2.15. The molecule has 0 bridgehead atoms. The first kappa shape index (κ1) is 20.4.